The fourth-order valence-electron chi connectivity index (χ4n) is 2.58. The summed E-state index contributed by atoms with van der Waals surface area (Å²) < 4.78 is 5.62. The minimum absolute atomic E-state index is 0.0983. The third-order valence-corrected chi connectivity index (χ3v) is 4.20. The molecule has 0 aromatic heterocycles. The van der Waals surface area contributed by atoms with Crippen molar-refractivity contribution in [3.05, 3.63) is 58.6 Å². The van der Waals surface area contributed by atoms with Crippen LogP contribution in [0.15, 0.2) is 42.5 Å². The largest absolute Gasteiger partial charge is 0.491 e. The number of rotatable bonds is 3. The first-order chi connectivity index (χ1) is 11.6. The fourth-order valence-corrected chi connectivity index (χ4v) is 2.81. The van der Waals surface area contributed by atoms with Crippen LogP contribution < -0.4 is 10.1 Å². The van der Waals surface area contributed by atoms with Crippen LogP contribution in [0.25, 0.3) is 0 Å². The first-order valence-electron chi connectivity index (χ1n) is 7.72. The van der Waals surface area contributed by atoms with Gasteiger partial charge in [-0.2, -0.15) is 0 Å². The van der Waals surface area contributed by atoms with E-state index in [0.29, 0.717) is 47.3 Å². The maximum absolute atomic E-state index is 12.5. The summed E-state index contributed by atoms with van der Waals surface area (Å²) in [6.07, 6.45) is 0. The third kappa shape index (κ3) is 3.21. The van der Waals surface area contributed by atoms with Crippen molar-refractivity contribution in [1.82, 2.24) is 4.90 Å². The lowest BCUT2D eigenvalue weighted by Crippen LogP contribution is -2.32. The molecular weight excluding hydrogens is 328 g/mol. The number of fused-ring (bicyclic) bond motifs is 1. The number of hydrogen-bond donors (Lipinski definition) is 1. The lowest BCUT2D eigenvalue weighted by atomic mass is 10.1. The molecule has 1 aliphatic heterocycles. The van der Waals surface area contributed by atoms with Gasteiger partial charge in [0.05, 0.1) is 22.7 Å². The summed E-state index contributed by atoms with van der Waals surface area (Å²) >= 11 is 6.04. The first kappa shape index (κ1) is 16.3. The second-order valence-electron chi connectivity index (χ2n) is 5.38. The van der Waals surface area contributed by atoms with Crippen LogP contribution in [0, 0.1) is 0 Å². The minimum Gasteiger partial charge on any atom is -0.491 e. The maximum atomic E-state index is 12.5. The van der Waals surface area contributed by atoms with Crippen LogP contribution in [0.4, 0.5) is 5.69 Å². The normalized spacial score (nSPS) is 13.8. The summed E-state index contributed by atoms with van der Waals surface area (Å²) in [6.45, 7) is 3.53. The predicted octanol–water partition coefficient (Wildman–Crippen LogP) is 3.45. The van der Waals surface area contributed by atoms with Crippen molar-refractivity contribution in [1.29, 1.82) is 0 Å². The number of hydrogen-bond acceptors (Lipinski definition) is 3. The minimum atomic E-state index is -0.324. The Labute approximate surface area is 145 Å². The van der Waals surface area contributed by atoms with E-state index in [1.165, 1.54) is 0 Å². The number of nitrogens with zero attached hydrogens (tertiary/aromatic N) is 1. The summed E-state index contributed by atoms with van der Waals surface area (Å²) in [5.74, 6) is 0.112. The Kier molecular flexibility index (Phi) is 4.71. The Hall–Kier alpha value is -2.53. The van der Waals surface area contributed by atoms with E-state index in [1.54, 1.807) is 47.4 Å². The molecule has 1 N–H and O–H groups in total. The van der Waals surface area contributed by atoms with Gasteiger partial charge in [0.25, 0.3) is 11.8 Å². The van der Waals surface area contributed by atoms with Crippen LogP contribution in [0.3, 0.4) is 0 Å². The van der Waals surface area contributed by atoms with E-state index < -0.39 is 0 Å². The number of nitrogens with one attached hydrogen (secondary N) is 1. The van der Waals surface area contributed by atoms with Crippen molar-refractivity contribution in [2.45, 2.75) is 6.92 Å². The van der Waals surface area contributed by atoms with E-state index in [0.717, 1.165) is 0 Å². The Bertz CT molecular complexity index is 792. The Morgan fingerprint density at radius 1 is 1.29 bits per heavy atom. The van der Waals surface area contributed by atoms with E-state index in [-0.39, 0.29) is 11.8 Å². The molecule has 0 saturated carbocycles. The smallest absolute Gasteiger partial charge is 0.257 e. The Morgan fingerprint density at radius 3 is 2.83 bits per heavy atom. The number of likely N-dealkylation sites (N-methyl/N-ethyl adjacent to an activating group) is 1. The van der Waals surface area contributed by atoms with Crippen molar-refractivity contribution in [2.24, 2.45) is 0 Å². The summed E-state index contributed by atoms with van der Waals surface area (Å²) in [4.78, 5) is 26.6. The number of carbonyl (C=O) groups excluding carboxylic acids is 2. The van der Waals surface area contributed by atoms with Crippen LogP contribution in [0.2, 0.25) is 5.02 Å². The van der Waals surface area contributed by atoms with E-state index in [2.05, 4.69) is 5.32 Å². The molecule has 5 nitrogen and oxygen atoms in total. The van der Waals surface area contributed by atoms with Gasteiger partial charge in [0.15, 0.2) is 0 Å². The van der Waals surface area contributed by atoms with Crippen molar-refractivity contribution in [3.63, 3.8) is 0 Å². The molecule has 2 aromatic rings. The van der Waals surface area contributed by atoms with Crippen molar-refractivity contribution < 1.29 is 14.3 Å². The quantitative estimate of drug-likeness (QED) is 0.927. The highest BCUT2D eigenvalue weighted by atomic mass is 35.5. The number of benzene rings is 2. The van der Waals surface area contributed by atoms with Gasteiger partial charge < -0.3 is 15.0 Å². The molecule has 1 aliphatic rings. The van der Waals surface area contributed by atoms with Gasteiger partial charge in [0.2, 0.25) is 0 Å². The molecule has 0 saturated heterocycles. The standard InChI is InChI=1S/C18H17ClN2O3/c1-2-21-9-10-24-16-8-7-12(11-14(16)18(21)23)20-17(22)13-5-3-4-6-15(13)19/h3-8,11H,2,9-10H2,1H3,(H,20,22). The van der Waals surface area contributed by atoms with Gasteiger partial charge >= 0.3 is 0 Å². The van der Waals surface area contributed by atoms with Crippen LogP contribution in [0.5, 0.6) is 5.75 Å². The number of amides is 2. The molecule has 0 atom stereocenters. The first-order valence-corrected chi connectivity index (χ1v) is 8.10. The van der Waals surface area contributed by atoms with Crippen molar-refractivity contribution in [3.8, 4) is 5.75 Å². The molecule has 0 unspecified atom stereocenters. The highest BCUT2D eigenvalue weighted by molar-refractivity contribution is 6.34. The molecule has 0 aliphatic carbocycles. The lowest BCUT2D eigenvalue weighted by Gasteiger charge is -2.17. The zero-order valence-electron chi connectivity index (χ0n) is 13.2. The van der Waals surface area contributed by atoms with Gasteiger partial charge in [0.1, 0.15) is 12.4 Å². The second kappa shape index (κ2) is 6.93. The zero-order valence-corrected chi connectivity index (χ0v) is 14.0. The molecule has 0 fully saturated rings. The van der Waals surface area contributed by atoms with Gasteiger partial charge in [0, 0.05) is 12.2 Å². The van der Waals surface area contributed by atoms with E-state index in [4.69, 9.17) is 16.3 Å². The van der Waals surface area contributed by atoms with Gasteiger partial charge in [-0.15, -0.1) is 0 Å². The topological polar surface area (TPSA) is 58.6 Å². The molecule has 0 bridgehead atoms. The molecule has 6 heteroatoms. The molecule has 2 amide bonds. The summed E-state index contributed by atoms with van der Waals surface area (Å²) in [7, 11) is 0. The third-order valence-electron chi connectivity index (χ3n) is 3.87. The number of ether oxygens (including phenoxy) is 1. The van der Waals surface area contributed by atoms with Gasteiger partial charge in [-0.1, -0.05) is 23.7 Å². The predicted molar refractivity (Wildman–Crippen MR) is 92.9 cm³/mol. The fraction of sp³-hybridized carbons (Fsp3) is 0.222. The van der Waals surface area contributed by atoms with Crippen molar-refractivity contribution in [2.75, 3.05) is 25.0 Å². The van der Waals surface area contributed by atoms with Gasteiger partial charge in [-0.3, -0.25) is 9.59 Å². The molecule has 1 heterocycles. The zero-order chi connectivity index (χ0) is 17.1. The van der Waals surface area contributed by atoms with Gasteiger partial charge in [-0.25, -0.2) is 0 Å². The average molecular weight is 345 g/mol. The van der Waals surface area contributed by atoms with Gasteiger partial charge in [-0.05, 0) is 37.3 Å². The van der Waals surface area contributed by atoms with Crippen LogP contribution >= 0.6 is 11.6 Å². The molecule has 0 radical (unpaired) electrons. The highest BCUT2D eigenvalue weighted by Crippen LogP contribution is 2.27. The average Bonchev–Trinajstić information content (AvgIpc) is 2.74. The van der Waals surface area contributed by atoms with E-state index >= 15 is 0 Å². The summed E-state index contributed by atoms with van der Waals surface area (Å²) in [6, 6.07) is 11.9. The van der Waals surface area contributed by atoms with E-state index in [9.17, 15) is 9.59 Å². The highest BCUT2D eigenvalue weighted by Gasteiger charge is 2.23. The van der Waals surface area contributed by atoms with E-state index in [1.807, 2.05) is 6.92 Å². The SMILES string of the molecule is CCN1CCOc2ccc(NC(=O)c3ccccc3Cl)cc2C1=O. The molecule has 0 spiro atoms. The Balaban J connectivity index is 1.87. The second-order valence-corrected chi connectivity index (χ2v) is 5.79. The lowest BCUT2D eigenvalue weighted by molar-refractivity contribution is 0.0764. The molecule has 24 heavy (non-hydrogen) atoms. The number of carbonyl (C=O) groups is 2. The maximum Gasteiger partial charge on any atom is 0.257 e. The molecule has 124 valence electrons. The van der Waals surface area contributed by atoms with Crippen LogP contribution in [0.1, 0.15) is 27.6 Å². The molecular formula is C18H17ClN2O3. The number of halogens is 1. The van der Waals surface area contributed by atoms with Crippen molar-refractivity contribution >= 4 is 29.1 Å². The van der Waals surface area contributed by atoms with Crippen LogP contribution in [-0.4, -0.2) is 36.4 Å². The molecule has 2 aromatic carbocycles. The summed E-state index contributed by atoms with van der Waals surface area (Å²) in [5, 5.41) is 3.15. The monoisotopic (exact) mass is 344 g/mol. The van der Waals surface area contributed by atoms with Crippen LogP contribution in [-0.2, 0) is 0 Å². The summed E-state index contributed by atoms with van der Waals surface area (Å²) in [5.41, 5.74) is 1.35. The Morgan fingerprint density at radius 2 is 2.08 bits per heavy atom. The molecule has 3 rings (SSSR count). The number of anilines is 1.